The predicted molar refractivity (Wildman–Crippen MR) is 113 cm³/mol. The first-order chi connectivity index (χ1) is 16.1. The first-order valence-electron chi connectivity index (χ1n) is 10.6. The molecule has 3 nitrogen and oxygen atoms in total. The van der Waals surface area contributed by atoms with Crippen LogP contribution in [0.15, 0.2) is 24.3 Å². The monoisotopic (exact) mass is 526 g/mol. The molecule has 1 aliphatic carbocycles. The number of hydrogen-bond acceptors (Lipinski definition) is 2. The lowest BCUT2D eigenvalue weighted by Crippen LogP contribution is -2.60. The molecule has 1 saturated carbocycles. The number of nitrogens with zero attached hydrogens (tertiary/aromatic N) is 2. The number of benzene rings is 2. The molecule has 190 valence electrons. The number of carbonyl (C=O) groups is 1. The molecular weight excluding hydrogens is 508 g/mol. The molecule has 0 aromatic heterocycles. The van der Waals surface area contributed by atoms with E-state index in [0.29, 0.717) is 11.0 Å². The quantitative estimate of drug-likeness (QED) is 0.321. The summed E-state index contributed by atoms with van der Waals surface area (Å²) in [7, 11) is 1.05. The second kappa shape index (κ2) is 8.53. The lowest BCUT2D eigenvalue weighted by Gasteiger charge is -2.57. The van der Waals surface area contributed by atoms with Crippen molar-refractivity contribution in [2.45, 2.75) is 38.0 Å². The smallest absolute Gasteiger partial charge is 0.370 e. The summed E-state index contributed by atoms with van der Waals surface area (Å²) >= 11 is 5.53. The molecule has 0 atom stereocenters. The Morgan fingerprint density at radius 1 is 1.06 bits per heavy atom. The van der Waals surface area contributed by atoms with E-state index in [-0.39, 0.29) is 30.3 Å². The van der Waals surface area contributed by atoms with Crippen LogP contribution >= 0.6 is 11.6 Å². The van der Waals surface area contributed by atoms with Crippen LogP contribution in [0.25, 0.3) is 0 Å². The fourth-order valence-electron chi connectivity index (χ4n) is 4.65. The van der Waals surface area contributed by atoms with Crippen molar-refractivity contribution in [1.82, 2.24) is 0 Å². The van der Waals surface area contributed by atoms with Crippen LogP contribution in [0, 0.1) is 17.0 Å². The van der Waals surface area contributed by atoms with E-state index in [1.54, 1.807) is 0 Å². The molecule has 0 N–H and O–H groups in total. The lowest BCUT2D eigenvalue weighted by molar-refractivity contribution is -0.143. The number of amides is 1. The van der Waals surface area contributed by atoms with Gasteiger partial charge in [0.15, 0.2) is 5.82 Å². The Kier molecular flexibility index (Phi) is 6.22. The summed E-state index contributed by atoms with van der Waals surface area (Å²) in [4.78, 5) is 15.0. The van der Waals surface area contributed by atoms with Gasteiger partial charge in [0, 0.05) is 31.2 Å². The molecule has 0 radical (unpaired) electrons. The van der Waals surface area contributed by atoms with E-state index in [0.717, 1.165) is 38.4 Å². The van der Waals surface area contributed by atoms with Gasteiger partial charge in [0.1, 0.15) is 10.8 Å². The van der Waals surface area contributed by atoms with E-state index < -0.39 is 63.7 Å². The molecule has 2 aromatic carbocycles. The van der Waals surface area contributed by atoms with Crippen LogP contribution in [0.4, 0.5) is 46.5 Å². The minimum atomic E-state index is -5.19. The molecular formula is C23H19ClF8N2O. The highest BCUT2D eigenvalue weighted by atomic mass is 35.5. The molecule has 2 fully saturated rings. The molecule has 35 heavy (non-hydrogen) atoms. The second-order valence-electron chi connectivity index (χ2n) is 9.05. The van der Waals surface area contributed by atoms with Gasteiger partial charge in [-0.15, -0.1) is 0 Å². The third-order valence-electron chi connectivity index (χ3n) is 6.74. The molecule has 0 unspecified atom stereocenters. The van der Waals surface area contributed by atoms with Crippen molar-refractivity contribution < 1.29 is 39.9 Å². The molecule has 1 heterocycles. The van der Waals surface area contributed by atoms with Gasteiger partial charge in [-0.25, -0.2) is 8.78 Å². The molecule has 2 aliphatic rings. The SMILES string of the molecule is CN(C(=O)Cc1c(N2CC3(CCC3)C2)cc(C(F)(F)F)cc1C(F)(F)F)c1ccc(F)c(Cl)c1F. The normalized spacial score (nSPS) is 17.3. The van der Waals surface area contributed by atoms with Crippen LogP contribution in [-0.4, -0.2) is 26.0 Å². The summed E-state index contributed by atoms with van der Waals surface area (Å²) < 4.78 is 110. The Bertz CT molecular complexity index is 1170. The molecule has 1 aliphatic heterocycles. The van der Waals surface area contributed by atoms with E-state index in [1.165, 1.54) is 4.90 Å². The Labute approximate surface area is 200 Å². The number of hydrogen-bond donors (Lipinski definition) is 0. The van der Waals surface area contributed by atoms with Crippen LogP contribution in [0.5, 0.6) is 0 Å². The Balaban J connectivity index is 1.76. The van der Waals surface area contributed by atoms with Crippen molar-refractivity contribution in [2.24, 2.45) is 5.41 Å². The highest BCUT2D eigenvalue weighted by Gasteiger charge is 2.49. The Morgan fingerprint density at radius 3 is 2.20 bits per heavy atom. The van der Waals surface area contributed by atoms with Gasteiger partial charge >= 0.3 is 12.4 Å². The number of likely N-dealkylation sites (N-methyl/N-ethyl adjacent to an activating group) is 1. The number of halogens is 9. The maximum Gasteiger partial charge on any atom is 0.416 e. The summed E-state index contributed by atoms with van der Waals surface area (Å²) in [5.41, 5.74) is -4.64. The van der Waals surface area contributed by atoms with Gasteiger partial charge in [0.05, 0.1) is 23.2 Å². The van der Waals surface area contributed by atoms with Crippen LogP contribution in [0.2, 0.25) is 5.02 Å². The first-order valence-corrected chi connectivity index (χ1v) is 11.0. The van der Waals surface area contributed by atoms with Gasteiger partial charge in [-0.2, -0.15) is 26.3 Å². The maximum atomic E-state index is 14.4. The van der Waals surface area contributed by atoms with E-state index in [4.69, 9.17) is 11.6 Å². The van der Waals surface area contributed by atoms with Crippen LogP contribution in [-0.2, 0) is 23.6 Å². The van der Waals surface area contributed by atoms with Crippen molar-refractivity contribution in [3.63, 3.8) is 0 Å². The zero-order chi connectivity index (χ0) is 25.9. The summed E-state index contributed by atoms with van der Waals surface area (Å²) in [6.07, 6.45) is -8.59. The third-order valence-corrected chi connectivity index (χ3v) is 7.09. The number of carbonyl (C=O) groups excluding carboxylic acids is 1. The Hall–Kier alpha value is -2.56. The summed E-state index contributed by atoms with van der Waals surface area (Å²) in [6.45, 7) is 0.565. The Morgan fingerprint density at radius 2 is 1.69 bits per heavy atom. The summed E-state index contributed by atoms with van der Waals surface area (Å²) in [5.74, 6) is -3.43. The van der Waals surface area contributed by atoms with Crippen LogP contribution < -0.4 is 9.80 Å². The highest BCUT2D eigenvalue weighted by molar-refractivity contribution is 6.31. The van der Waals surface area contributed by atoms with E-state index in [1.807, 2.05) is 0 Å². The molecule has 0 bridgehead atoms. The van der Waals surface area contributed by atoms with Crippen molar-refractivity contribution >= 4 is 28.9 Å². The highest BCUT2D eigenvalue weighted by Crippen LogP contribution is 2.51. The van der Waals surface area contributed by atoms with Gasteiger partial charge in [-0.3, -0.25) is 4.79 Å². The molecule has 4 rings (SSSR count). The fraction of sp³-hybridized carbons (Fsp3) is 0.435. The first kappa shape index (κ1) is 25.5. The molecule has 1 amide bonds. The van der Waals surface area contributed by atoms with Gasteiger partial charge in [-0.1, -0.05) is 18.0 Å². The second-order valence-corrected chi connectivity index (χ2v) is 9.43. The third kappa shape index (κ3) is 4.66. The zero-order valence-corrected chi connectivity index (χ0v) is 19.0. The number of alkyl halides is 6. The number of anilines is 2. The predicted octanol–water partition coefficient (Wildman–Crippen LogP) is 6.85. The minimum absolute atomic E-state index is 0.0135. The summed E-state index contributed by atoms with van der Waals surface area (Å²) in [5, 5.41) is -0.903. The molecule has 1 saturated heterocycles. The lowest BCUT2D eigenvalue weighted by atomic mass is 9.63. The van der Waals surface area contributed by atoms with E-state index in [9.17, 15) is 39.9 Å². The molecule has 1 spiro atoms. The zero-order valence-electron chi connectivity index (χ0n) is 18.3. The standard InChI is InChI=1S/C23H19ClF8N2O/c1-33(16-4-3-15(25)19(24)20(16)26)18(35)9-13-14(23(30,31)32)7-12(22(27,28)29)8-17(13)34-10-21(11-34)5-2-6-21/h3-4,7-8H,2,5-6,9-11H2,1H3. The fourth-order valence-corrected chi connectivity index (χ4v) is 4.81. The van der Waals surface area contributed by atoms with E-state index >= 15 is 0 Å². The van der Waals surface area contributed by atoms with Crippen molar-refractivity contribution in [3.05, 3.63) is 57.6 Å². The topological polar surface area (TPSA) is 23.6 Å². The largest absolute Gasteiger partial charge is 0.416 e. The van der Waals surface area contributed by atoms with Crippen LogP contribution in [0.1, 0.15) is 36.0 Å². The van der Waals surface area contributed by atoms with Crippen molar-refractivity contribution in [1.29, 1.82) is 0 Å². The van der Waals surface area contributed by atoms with Gasteiger partial charge in [0.25, 0.3) is 0 Å². The van der Waals surface area contributed by atoms with Gasteiger partial charge in [-0.05, 0) is 42.7 Å². The van der Waals surface area contributed by atoms with E-state index in [2.05, 4.69) is 0 Å². The average molecular weight is 527 g/mol. The summed E-state index contributed by atoms with van der Waals surface area (Å²) in [6, 6.07) is 2.29. The van der Waals surface area contributed by atoms with Crippen molar-refractivity contribution in [2.75, 3.05) is 29.9 Å². The average Bonchev–Trinajstić information content (AvgIpc) is 2.68. The van der Waals surface area contributed by atoms with Gasteiger partial charge < -0.3 is 9.80 Å². The van der Waals surface area contributed by atoms with Crippen molar-refractivity contribution in [3.8, 4) is 0 Å². The molecule has 2 aromatic rings. The minimum Gasteiger partial charge on any atom is -0.370 e. The maximum absolute atomic E-state index is 14.4. The number of rotatable bonds is 4. The molecule has 12 heteroatoms. The van der Waals surface area contributed by atoms with Crippen LogP contribution in [0.3, 0.4) is 0 Å². The van der Waals surface area contributed by atoms with Gasteiger partial charge in [0.2, 0.25) is 5.91 Å².